The molecule has 0 spiro atoms. The average molecular weight is 332 g/mol. The fraction of sp³-hybridized carbons (Fsp3) is 0.222. The predicted molar refractivity (Wildman–Crippen MR) is 94.1 cm³/mol. The first-order chi connectivity index (χ1) is 11.4. The van der Waals surface area contributed by atoms with Crippen LogP contribution in [0, 0.1) is 0 Å². The van der Waals surface area contributed by atoms with Crippen LogP contribution in [0.2, 0.25) is 0 Å². The zero-order valence-corrected chi connectivity index (χ0v) is 13.6. The Labute approximate surface area is 141 Å². The van der Waals surface area contributed by atoms with Gasteiger partial charge in [0.25, 0.3) is 0 Å². The minimum Gasteiger partial charge on any atom is -0.508 e. The van der Waals surface area contributed by atoms with Crippen LogP contribution >= 0.6 is 0 Å². The van der Waals surface area contributed by atoms with Crippen molar-refractivity contribution in [2.75, 3.05) is 0 Å². The Morgan fingerprint density at radius 3 is 1.33 bits per heavy atom. The van der Waals surface area contributed by atoms with E-state index < -0.39 is 0 Å². The second kappa shape index (κ2) is 12.8. The Bertz CT molecular complexity index is 531. The molecule has 0 aliphatic rings. The molecule has 0 unspecified atom stereocenters. The lowest BCUT2D eigenvalue weighted by molar-refractivity contribution is 0.111. The van der Waals surface area contributed by atoms with Gasteiger partial charge < -0.3 is 21.7 Å². The summed E-state index contributed by atoms with van der Waals surface area (Å²) in [4.78, 5) is 20.1. The standard InChI is InChI=1S/2C7H6O2.C4H12N2/c2*8-5-6-1-3-7(9)4-2-6;1-2-3-4(5)6/h2*1-5,9H;4H,2-3,5-6H2,1H3. The van der Waals surface area contributed by atoms with Crippen molar-refractivity contribution >= 4 is 12.6 Å². The number of nitrogens with two attached hydrogens (primary N) is 2. The van der Waals surface area contributed by atoms with Crippen LogP contribution in [-0.4, -0.2) is 29.0 Å². The third kappa shape index (κ3) is 10.9. The highest BCUT2D eigenvalue weighted by Crippen LogP contribution is 2.07. The minimum atomic E-state index is -0.102. The molecule has 0 saturated carbocycles. The van der Waals surface area contributed by atoms with Crippen LogP contribution in [0.25, 0.3) is 0 Å². The monoisotopic (exact) mass is 332 g/mol. The van der Waals surface area contributed by atoms with E-state index in [2.05, 4.69) is 6.92 Å². The normalized spacial score (nSPS) is 9.17. The van der Waals surface area contributed by atoms with Gasteiger partial charge >= 0.3 is 0 Å². The number of phenolic OH excluding ortho intramolecular Hbond substituents is 2. The number of benzene rings is 2. The molecule has 0 aliphatic heterocycles. The third-order valence-corrected chi connectivity index (χ3v) is 2.68. The lowest BCUT2D eigenvalue weighted by Gasteiger charge is -1.97. The quantitative estimate of drug-likeness (QED) is 0.503. The van der Waals surface area contributed by atoms with Crippen molar-refractivity contribution in [3.63, 3.8) is 0 Å². The van der Waals surface area contributed by atoms with Crippen molar-refractivity contribution in [3.05, 3.63) is 59.7 Å². The Balaban J connectivity index is 0.000000340. The first-order valence-corrected chi connectivity index (χ1v) is 7.42. The van der Waals surface area contributed by atoms with Crippen LogP contribution in [0.15, 0.2) is 48.5 Å². The Morgan fingerprint density at radius 2 is 1.17 bits per heavy atom. The number of hydrogen-bond donors (Lipinski definition) is 4. The van der Waals surface area contributed by atoms with E-state index in [0.717, 1.165) is 25.4 Å². The Kier molecular flexibility index (Phi) is 11.4. The van der Waals surface area contributed by atoms with Gasteiger partial charge in [0.05, 0.1) is 6.17 Å². The topological polar surface area (TPSA) is 127 Å². The molecular formula is C18H24N2O4. The van der Waals surface area contributed by atoms with Crippen molar-refractivity contribution in [2.45, 2.75) is 25.9 Å². The maximum absolute atomic E-state index is 10.0. The number of aromatic hydroxyl groups is 2. The Hall–Kier alpha value is -2.70. The highest BCUT2D eigenvalue weighted by atomic mass is 16.3. The molecule has 0 amide bonds. The van der Waals surface area contributed by atoms with Crippen LogP contribution in [0.5, 0.6) is 11.5 Å². The summed E-state index contributed by atoms with van der Waals surface area (Å²) in [6, 6.07) is 12.1. The molecule has 130 valence electrons. The zero-order valence-electron chi connectivity index (χ0n) is 13.6. The molecule has 0 bridgehead atoms. The van der Waals surface area contributed by atoms with Gasteiger partial charge in [-0.2, -0.15) is 0 Å². The number of hydrogen-bond acceptors (Lipinski definition) is 6. The van der Waals surface area contributed by atoms with Crippen molar-refractivity contribution in [1.29, 1.82) is 0 Å². The SMILES string of the molecule is CCCC(N)N.O=Cc1ccc(O)cc1.O=Cc1ccc(O)cc1. The summed E-state index contributed by atoms with van der Waals surface area (Å²) in [5.74, 6) is 0.362. The van der Waals surface area contributed by atoms with Gasteiger partial charge in [-0.1, -0.05) is 13.3 Å². The van der Waals surface area contributed by atoms with Crippen molar-refractivity contribution in [1.82, 2.24) is 0 Å². The summed E-state index contributed by atoms with van der Waals surface area (Å²) in [6.45, 7) is 2.06. The molecule has 6 heteroatoms. The van der Waals surface area contributed by atoms with Crippen LogP contribution < -0.4 is 11.5 Å². The molecule has 0 saturated heterocycles. The molecule has 2 rings (SSSR count). The molecule has 24 heavy (non-hydrogen) atoms. The molecule has 2 aromatic carbocycles. The zero-order chi connectivity index (χ0) is 18.4. The maximum atomic E-state index is 10.0. The molecule has 0 aliphatic carbocycles. The molecule has 6 N–H and O–H groups in total. The lowest BCUT2D eigenvalue weighted by Crippen LogP contribution is -2.29. The summed E-state index contributed by atoms with van der Waals surface area (Å²) < 4.78 is 0. The van der Waals surface area contributed by atoms with E-state index >= 15 is 0 Å². The van der Waals surface area contributed by atoms with Crippen molar-refractivity contribution in [3.8, 4) is 11.5 Å². The summed E-state index contributed by atoms with van der Waals surface area (Å²) in [5, 5.41) is 17.5. The highest BCUT2D eigenvalue weighted by Gasteiger charge is 1.88. The first-order valence-electron chi connectivity index (χ1n) is 7.42. The molecule has 0 heterocycles. The van der Waals surface area contributed by atoms with E-state index in [-0.39, 0.29) is 17.7 Å². The van der Waals surface area contributed by atoms with Gasteiger partial charge in [-0.05, 0) is 55.0 Å². The van der Waals surface area contributed by atoms with Gasteiger partial charge in [-0.15, -0.1) is 0 Å². The van der Waals surface area contributed by atoms with Gasteiger partial charge in [-0.3, -0.25) is 9.59 Å². The van der Waals surface area contributed by atoms with Crippen molar-refractivity contribution < 1.29 is 19.8 Å². The van der Waals surface area contributed by atoms with Crippen molar-refractivity contribution in [2.24, 2.45) is 11.5 Å². The molecule has 0 radical (unpaired) electrons. The molecule has 0 aromatic heterocycles. The van der Waals surface area contributed by atoms with Crippen LogP contribution in [0.1, 0.15) is 40.5 Å². The number of carbonyl (C=O) groups excluding carboxylic acids is 2. The molecule has 2 aromatic rings. The van der Waals surface area contributed by atoms with E-state index in [1.807, 2.05) is 0 Å². The lowest BCUT2D eigenvalue weighted by atomic mass is 10.2. The number of rotatable bonds is 4. The van der Waals surface area contributed by atoms with E-state index in [9.17, 15) is 9.59 Å². The smallest absolute Gasteiger partial charge is 0.150 e. The van der Waals surface area contributed by atoms with Gasteiger partial charge in [0.15, 0.2) is 0 Å². The summed E-state index contributed by atoms with van der Waals surface area (Å²) >= 11 is 0. The van der Waals surface area contributed by atoms with E-state index in [0.29, 0.717) is 11.1 Å². The largest absolute Gasteiger partial charge is 0.508 e. The van der Waals surface area contributed by atoms with Gasteiger partial charge in [0.1, 0.15) is 24.1 Å². The van der Waals surface area contributed by atoms with E-state index in [1.165, 1.54) is 24.3 Å². The van der Waals surface area contributed by atoms with E-state index in [4.69, 9.17) is 21.7 Å². The number of carbonyl (C=O) groups is 2. The van der Waals surface area contributed by atoms with Gasteiger partial charge in [0.2, 0.25) is 0 Å². The fourth-order valence-electron chi connectivity index (χ4n) is 1.44. The minimum absolute atomic E-state index is 0.102. The summed E-state index contributed by atoms with van der Waals surface area (Å²) in [6.07, 6.45) is 3.38. The number of phenols is 2. The highest BCUT2D eigenvalue weighted by molar-refractivity contribution is 5.75. The molecule has 0 fully saturated rings. The fourth-order valence-corrected chi connectivity index (χ4v) is 1.44. The predicted octanol–water partition coefficient (Wildman–Crippen LogP) is 2.44. The second-order valence-electron chi connectivity index (χ2n) is 4.87. The summed E-state index contributed by atoms with van der Waals surface area (Å²) in [7, 11) is 0. The maximum Gasteiger partial charge on any atom is 0.150 e. The van der Waals surface area contributed by atoms with Gasteiger partial charge in [0, 0.05) is 11.1 Å². The van der Waals surface area contributed by atoms with Gasteiger partial charge in [-0.25, -0.2) is 0 Å². The van der Waals surface area contributed by atoms with Crippen LogP contribution in [0.4, 0.5) is 0 Å². The second-order valence-corrected chi connectivity index (χ2v) is 4.87. The Morgan fingerprint density at radius 1 is 0.833 bits per heavy atom. The first kappa shape index (κ1) is 21.3. The third-order valence-electron chi connectivity index (χ3n) is 2.68. The van der Waals surface area contributed by atoms with E-state index in [1.54, 1.807) is 24.3 Å². The summed E-state index contributed by atoms with van der Waals surface area (Å²) in [5.41, 5.74) is 11.5. The molecule has 0 atom stereocenters. The van der Waals surface area contributed by atoms with Crippen LogP contribution in [-0.2, 0) is 0 Å². The molecular weight excluding hydrogens is 308 g/mol. The molecule has 6 nitrogen and oxygen atoms in total. The number of aldehydes is 2. The van der Waals surface area contributed by atoms with Crippen LogP contribution in [0.3, 0.4) is 0 Å². The average Bonchev–Trinajstić information content (AvgIpc) is 2.57.